The van der Waals surface area contributed by atoms with Gasteiger partial charge in [-0.2, -0.15) is 0 Å². The lowest BCUT2D eigenvalue weighted by Crippen LogP contribution is -2.51. The van der Waals surface area contributed by atoms with Crippen molar-refractivity contribution in [2.24, 2.45) is 5.41 Å². The summed E-state index contributed by atoms with van der Waals surface area (Å²) < 4.78 is 5.54. The Kier molecular flexibility index (Phi) is 8.00. The lowest BCUT2D eigenvalue weighted by atomic mass is 9.72. The van der Waals surface area contributed by atoms with Crippen molar-refractivity contribution in [2.45, 2.75) is 84.3 Å². The van der Waals surface area contributed by atoms with Gasteiger partial charge in [-0.05, 0) is 52.4 Å². The van der Waals surface area contributed by atoms with Crippen LogP contribution in [0.3, 0.4) is 0 Å². The van der Waals surface area contributed by atoms with Crippen molar-refractivity contribution in [1.29, 1.82) is 0 Å². The van der Waals surface area contributed by atoms with Gasteiger partial charge in [0.05, 0.1) is 12.5 Å². The van der Waals surface area contributed by atoms with Gasteiger partial charge in [-0.15, -0.1) is 0 Å². The Morgan fingerprint density at radius 3 is 2.38 bits per heavy atom. The summed E-state index contributed by atoms with van der Waals surface area (Å²) in [7, 11) is 0. The van der Waals surface area contributed by atoms with Gasteiger partial charge in [0.1, 0.15) is 0 Å². The van der Waals surface area contributed by atoms with E-state index in [4.69, 9.17) is 4.74 Å². The van der Waals surface area contributed by atoms with Gasteiger partial charge < -0.3 is 20.5 Å². The first-order valence-corrected chi connectivity index (χ1v) is 9.04. The van der Waals surface area contributed by atoms with Crippen LogP contribution in [0.5, 0.6) is 0 Å². The number of nitrogens with one attached hydrogen (secondary N) is 2. The second-order valence-corrected chi connectivity index (χ2v) is 7.99. The van der Waals surface area contributed by atoms with Crippen LogP contribution in [0.4, 0.5) is 4.79 Å². The monoisotopic (exact) mass is 342 g/mol. The maximum absolute atomic E-state index is 12.2. The summed E-state index contributed by atoms with van der Waals surface area (Å²) in [4.78, 5) is 23.4. The molecule has 6 heteroatoms. The van der Waals surface area contributed by atoms with Gasteiger partial charge in [0, 0.05) is 18.7 Å². The molecule has 0 bridgehead atoms. The van der Waals surface area contributed by atoms with Gasteiger partial charge in [0.2, 0.25) is 0 Å². The fraction of sp³-hybridized carbons (Fsp3) is 0.889. The molecule has 0 aromatic heterocycles. The lowest BCUT2D eigenvalue weighted by molar-refractivity contribution is -0.140. The molecular formula is C18H34N2O4. The summed E-state index contributed by atoms with van der Waals surface area (Å²) in [6.07, 6.45) is 5.98. The zero-order chi connectivity index (χ0) is 18.2. The van der Waals surface area contributed by atoms with E-state index in [1.807, 2.05) is 27.7 Å². The Bertz CT molecular complexity index is 415. The maximum atomic E-state index is 12.2. The molecule has 0 aliphatic heterocycles. The number of carbonyl (C=O) groups excluding carboxylic acids is 1. The highest BCUT2D eigenvalue weighted by molar-refractivity contribution is 5.75. The molecule has 1 fully saturated rings. The Labute approximate surface area is 145 Å². The number of ether oxygens (including phenoxy) is 1. The predicted molar refractivity (Wildman–Crippen MR) is 94.1 cm³/mol. The third kappa shape index (κ3) is 7.99. The molecule has 0 unspecified atom stereocenters. The summed E-state index contributed by atoms with van der Waals surface area (Å²) in [5.74, 6) is -0.787. The van der Waals surface area contributed by atoms with E-state index in [9.17, 15) is 14.7 Å². The second-order valence-electron chi connectivity index (χ2n) is 7.99. The van der Waals surface area contributed by atoms with E-state index in [0.717, 1.165) is 38.5 Å². The lowest BCUT2D eigenvalue weighted by Gasteiger charge is -2.36. The van der Waals surface area contributed by atoms with Crippen LogP contribution in [-0.2, 0) is 9.53 Å². The maximum Gasteiger partial charge on any atom is 0.315 e. The highest BCUT2D eigenvalue weighted by Gasteiger charge is 2.35. The number of rotatable bonds is 9. The van der Waals surface area contributed by atoms with E-state index < -0.39 is 5.97 Å². The van der Waals surface area contributed by atoms with Crippen LogP contribution in [0, 0.1) is 5.41 Å². The van der Waals surface area contributed by atoms with Crippen molar-refractivity contribution < 1.29 is 19.4 Å². The first kappa shape index (κ1) is 20.7. The van der Waals surface area contributed by atoms with Gasteiger partial charge in [0.15, 0.2) is 0 Å². The molecule has 1 saturated carbocycles. The molecule has 0 aromatic rings. The fourth-order valence-corrected chi connectivity index (χ4v) is 3.27. The minimum absolute atomic E-state index is 0.124. The average Bonchev–Trinajstić information content (AvgIpc) is 2.44. The van der Waals surface area contributed by atoms with Gasteiger partial charge in [-0.1, -0.05) is 19.3 Å². The fourth-order valence-electron chi connectivity index (χ4n) is 3.27. The predicted octanol–water partition coefficient (Wildman–Crippen LogP) is 3.30. The molecule has 0 spiro atoms. The zero-order valence-electron chi connectivity index (χ0n) is 15.6. The van der Waals surface area contributed by atoms with Gasteiger partial charge >= 0.3 is 12.0 Å². The third-order valence-corrected chi connectivity index (χ3v) is 4.69. The number of amides is 2. The molecule has 24 heavy (non-hydrogen) atoms. The number of hydrogen-bond donors (Lipinski definition) is 3. The number of urea groups is 1. The van der Waals surface area contributed by atoms with Gasteiger partial charge in [-0.25, -0.2) is 4.79 Å². The first-order chi connectivity index (χ1) is 11.1. The van der Waals surface area contributed by atoms with Crippen LogP contribution in [0.15, 0.2) is 0 Å². The third-order valence-electron chi connectivity index (χ3n) is 4.69. The van der Waals surface area contributed by atoms with Crippen LogP contribution in [0.1, 0.15) is 72.6 Å². The molecule has 0 saturated heterocycles. The molecule has 0 aromatic carbocycles. The molecule has 0 heterocycles. The minimum Gasteiger partial charge on any atom is -0.481 e. The van der Waals surface area contributed by atoms with E-state index in [1.54, 1.807) is 0 Å². The molecule has 3 N–H and O–H groups in total. The Balaban J connectivity index is 2.46. The molecule has 1 rings (SSSR count). The number of carboxylic acids is 1. The van der Waals surface area contributed by atoms with Crippen molar-refractivity contribution in [3.63, 3.8) is 0 Å². The normalized spacial score (nSPS) is 17.5. The minimum atomic E-state index is -0.787. The number of carbonyl (C=O) groups is 2. The second kappa shape index (κ2) is 9.25. The van der Waals surface area contributed by atoms with E-state index in [0.29, 0.717) is 13.2 Å². The van der Waals surface area contributed by atoms with Crippen molar-refractivity contribution >= 4 is 12.0 Å². The van der Waals surface area contributed by atoms with Crippen LogP contribution < -0.4 is 10.6 Å². The molecule has 2 amide bonds. The molecule has 1 aliphatic rings. The van der Waals surface area contributed by atoms with Crippen LogP contribution >= 0.6 is 0 Å². The van der Waals surface area contributed by atoms with E-state index >= 15 is 0 Å². The van der Waals surface area contributed by atoms with Crippen molar-refractivity contribution in [3.05, 3.63) is 0 Å². The molecule has 0 radical (unpaired) electrons. The summed E-state index contributed by atoms with van der Waals surface area (Å²) in [5.41, 5.74) is -0.669. The van der Waals surface area contributed by atoms with E-state index in [2.05, 4.69) is 10.6 Å². The van der Waals surface area contributed by atoms with Crippen molar-refractivity contribution in [1.82, 2.24) is 10.6 Å². The molecule has 1 aliphatic carbocycles. The van der Waals surface area contributed by atoms with Crippen LogP contribution in [-0.4, -0.2) is 41.9 Å². The Morgan fingerprint density at radius 2 is 1.83 bits per heavy atom. The smallest absolute Gasteiger partial charge is 0.315 e. The summed E-state index contributed by atoms with van der Waals surface area (Å²) in [6.45, 7) is 8.91. The largest absolute Gasteiger partial charge is 0.481 e. The van der Waals surface area contributed by atoms with Crippen molar-refractivity contribution in [3.8, 4) is 0 Å². The van der Waals surface area contributed by atoms with Gasteiger partial charge in [-0.3, -0.25) is 4.79 Å². The average molecular weight is 342 g/mol. The van der Waals surface area contributed by atoms with E-state index in [1.165, 1.54) is 0 Å². The van der Waals surface area contributed by atoms with Crippen molar-refractivity contribution in [2.75, 3.05) is 13.2 Å². The molecular weight excluding hydrogens is 308 g/mol. The zero-order valence-corrected chi connectivity index (χ0v) is 15.6. The quantitative estimate of drug-likeness (QED) is 0.600. The Morgan fingerprint density at radius 1 is 1.21 bits per heavy atom. The number of carboxylic acid groups (broad SMARTS) is 1. The first-order valence-electron chi connectivity index (χ1n) is 9.04. The standard InChI is InChI=1S/C18H34N2O4/c1-14(2)24-11-10-17(3,4)20-16(23)19-13-18(12-15(21)22)8-6-5-7-9-18/h14H,5-13H2,1-4H3,(H,21,22)(H2,19,20,23). The molecule has 140 valence electrons. The molecule has 6 nitrogen and oxygen atoms in total. The topological polar surface area (TPSA) is 87.7 Å². The number of hydrogen-bond acceptors (Lipinski definition) is 3. The van der Waals surface area contributed by atoms with Crippen LogP contribution in [0.25, 0.3) is 0 Å². The summed E-state index contributed by atoms with van der Waals surface area (Å²) in [5, 5.41) is 15.0. The highest BCUT2D eigenvalue weighted by Crippen LogP contribution is 2.38. The summed E-state index contributed by atoms with van der Waals surface area (Å²) in [6, 6.07) is -0.236. The highest BCUT2D eigenvalue weighted by atomic mass is 16.5. The number of aliphatic carboxylic acids is 1. The van der Waals surface area contributed by atoms with E-state index in [-0.39, 0.29) is 29.5 Å². The molecule has 0 atom stereocenters. The summed E-state index contributed by atoms with van der Waals surface area (Å²) >= 11 is 0. The SMILES string of the molecule is CC(C)OCCC(C)(C)NC(=O)NCC1(CC(=O)O)CCCCC1. The van der Waals surface area contributed by atoms with Gasteiger partial charge in [0.25, 0.3) is 0 Å². The van der Waals surface area contributed by atoms with Crippen LogP contribution in [0.2, 0.25) is 0 Å². The Hall–Kier alpha value is -1.30.